The average Bonchev–Trinajstić information content (AvgIpc) is 2.67. The maximum Gasteiger partial charge on any atom is 0.251 e. The van der Waals surface area contributed by atoms with Gasteiger partial charge in [-0.3, -0.25) is 4.79 Å². The normalized spacial score (nSPS) is 16.2. The molecule has 4 nitrogen and oxygen atoms in total. The topological polar surface area (TPSA) is 47.6 Å². The Hall–Kier alpha value is -1.85. The predicted molar refractivity (Wildman–Crippen MR) is 101 cm³/mol. The highest BCUT2D eigenvalue weighted by molar-refractivity contribution is 9.10. The maximum atomic E-state index is 12.6. The van der Waals surface area contributed by atoms with Crippen LogP contribution in [0.4, 0.5) is 0 Å². The summed E-state index contributed by atoms with van der Waals surface area (Å²) in [7, 11) is 1.69. The Morgan fingerprint density at radius 2 is 1.96 bits per heavy atom. The lowest BCUT2D eigenvalue weighted by Gasteiger charge is -2.38. The highest BCUT2D eigenvalue weighted by Crippen LogP contribution is 2.39. The Balaban J connectivity index is 1.83. The molecule has 0 bridgehead atoms. The lowest BCUT2D eigenvalue weighted by atomic mass is 9.73. The van der Waals surface area contributed by atoms with Crippen LogP contribution in [-0.2, 0) is 10.2 Å². The van der Waals surface area contributed by atoms with E-state index in [2.05, 4.69) is 27.3 Å². The smallest absolute Gasteiger partial charge is 0.251 e. The van der Waals surface area contributed by atoms with Crippen LogP contribution in [0.25, 0.3) is 0 Å². The van der Waals surface area contributed by atoms with Gasteiger partial charge in [-0.05, 0) is 37.1 Å². The first-order chi connectivity index (χ1) is 12.1. The summed E-state index contributed by atoms with van der Waals surface area (Å²) < 4.78 is 12.0. The third-order valence-corrected chi connectivity index (χ3v) is 5.30. The summed E-state index contributed by atoms with van der Waals surface area (Å²) in [6.07, 6.45) is 1.71. The fourth-order valence-corrected chi connectivity index (χ4v) is 3.77. The number of rotatable bonds is 5. The molecule has 0 unspecified atom stereocenters. The fraction of sp³-hybridized carbons (Fsp3) is 0.350. The van der Waals surface area contributed by atoms with E-state index in [1.807, 2.05) is 42.5 Å². The maximum absolute atomic E-state index is 12.6. The summed E-state index contributed by atoms with van der Waals surface area (Å²) in [6.45, 7) is 1.93. The number of para-hydroxylation sites is 1. The van der Waals surface area contributed by atoms with Crippen LogP contribution < -0.4 is 10.1 Å². The van der Waals surface area contributed by atoms with Crippen LogP contribution in [0.3, 0.4) is 0 Å². The molecule has 1 fully saturated rings. The predicted octanol–water partition coefficient (Wildman–Crippen LogP) is 3.94. The van der Waals surface area contributed by atoms with Crippen LogP contribution in [0.1, 0.15) is 28.8 Å². The van der Waals surface area contributed by atoms with Gasteiger partial charge in [0.15, 0.2) is 0 Å². The van der Waals surface area contributed by atoms with Gasteiger partial charge in [0.25, 0.3) is 5.91 Å². The number of carbonyl (C=O) groups excluding carboxylic acids is 1. The van der Waals surface area contributed by atoms with E-state index in [9.17, 15) is 4.79 Å². The van der Waals surface area contributed by atoms with Gasteiger partial charge in [-0.2, -0.15) is 0 Å². The molecule has 0 saturated carbocycles. The summed E-state index contributed by atoms with van der Waals surface area (Å²) in [5.74, 6) is 0.795. The van der Waals surface area contributed by atoms with Crippen molar-refractivity contribution in [2.45, 2.75) is 18.3 Å². The summed E-state index contributed by atoms with van der Waals surface area (Å²) in [5.41, 5.74) is 1.61. The second-order valence-electron chi connectivity index (χ2n) is 6.29. The molecule has 1 aliphatic heterocycles. The van der Waals surface area contributed by atoms with Crippen molar-refractivity contribution in [1.82, 2.24) is 5.32 Å². The third-order valence-electron chi connectivity index (χ3n) is 4.80. The van der Waals surface area contributed by atoms with E-state index >= 15 is 0 Å². The first-order valence-electron chi connectivity index (χ1n) is 8.40. The van der Waals surface area contributed by atoms with Gasteiger partial charge in [-0.15, -0.1) is 0 Å². The van der Waals surface area contributed by atoms with Gasteiger partial charge < -0.3 is 14.8 Å². The third kappa shape index (κ3) is 4.05. The largest absolute Gasteiger partial charge is 0.496 e. The van der Waals surface area contributed by atoms with E-state index in [1.54, 1.807) is 7.11 Å². The standard InChI is InChI=1S/C20H22BrNO3/c1-24-18-8-3-2-7-17(18)20(9-11-25-12-10-20)14-22-19(23)15-5-4-6-16(21)13-15/h2-8,13H,9-12,14H2,1H3,(H,22,23). The Labute approximate surface area is 156 Å². The molecule has 2 aromatic rings. The quantitative estimate of drug-likeness (QED) is 0.822. The molecule has 5 heteroatoms. The Morgan fingerprint density at radius 1 is 1.20 bits per heavy atom. The number of halogens is 1. The molecular weight excluding hydrogens is 382 g/mol. The van der Waals surface area contributed by atoms with Crippen molar-refractivity contribution in [3.8, 4) is 5.75 Å². The fourth-order valence-electron chi connectivity index (χ4n) is 3.37. The minimum atomic E-state index is -0.174. The molecule has 132 valence electrons. The van der Waals surface area contributed by atoms with Gasteiger partial charge in [0.2, 0.25) is 0 Å². The number of methoxy groups -OCH3 is 1. The minimum absolute atomic E-state index is 0.0675. The highest BCUT2D eigenvalue weighted by atomic mass is 79.9. The van der Waals surface area contributed by atoms with Gasteiger partial charge in [0.05, 0.1) is 7.11 Å². The molecular formula is C20H22BrNO3. The Bertz CT molecular complexity index is 741. The summed E-state index contributed by atoms with van der Waals surface area (Å²) >= 11 is 3.41. The first-order valence-corrected chi connectivity index (χ1v) is 9.19. The molecule has 1 saturated heterocycles. The van der Waals surface area contributed by atoms with Crippen molar-refractivity contribution < 1.29 is 14.3 Å². The molecule has 1 N–H and O–H groups in total. The monoisotopic (exact) mass is 403 g/mol. The minimum Gasteiger partial charge on any atom is -0.496 e. The van der Waals surface area contributed by atoms with E-state index in [1.165, 1.54) is 0 Å². The molecule has 0 aromatic heterocycles. The van der Waals surface area contributed by atoms with Crippen molar-refractivity contribution in [3.63, 3.8) is 0 Å². The van der Waals surface area contributed by atoms with Crippen molar-refractivity contribution in [1.29, 1.82) is 0 Å². The molecule has 1 heterocycles. The van der Waals surface area contributed by atoms with Crippen molar-refractivity contribution in [3.05, 3.63) is 64.1 Å². The molecule has 1 amide bonds. The van der Waals surface area contributed by atoms with Crippen LogP contribution in [0.2, 0.25) is 0 Å². The van der Waals surface area contributed by atoms with Gasteiger partial charge in [0.1, 0.15) is 5.75 Å². The van der Waals surface area contributed by atoms with E-state index in [4.69, 9.17) is 9.47 Å². The molecule has 25 heavy (non-hydrogen) atoms. The van der Waals surface area contributed by atoms with E-state index in [0.717, 1.165) is 28.6 Å². The van der Waals surface area contributed by atoms with Crippen LogP contribution in [-0.4, -0.2) is 32.8 Å². The summed E-state index contributed by atoms with van der Waals surface area (Å²) in [5, 5.41) is 3.12. The average molecular weight is 404 g/mol. The zero-order chi connectivity index (χ0) is 17.7. The van der Waals surface area contributed by atoms with Gasteiger partial charge in [0, 0.05) is 40.8 Å². The lowest BCUT2D eigenvalue weighted by molar-refractivity contribution is 0.0479. The van der Waals surface area contributed by atoms with E-state index < -0.39 is 0 Å². The van der Waals surface area contributed by atoms with Crippen LogP contribution in [0, 0.1) is 0 Å². The number of amides is 1. The SMILES string of the molecule is COc1ccccc1C1(CNC(=O)c2cccc(Br)c2)CCOCC1. The second-order valence-corrected chi connectivity index (χ2v) is 7.20. The summed E-state index contributed by atoms with van der Waals surface area (Å²) in [4.78, 5) is 12.6. The number of hydrogen-bond donors (Lipinski definition) is 1. The molecule has 0 spiro atoms. The lowest BCUT2D eigenvalue weighted by Crippen LogP contribution is -2.44. The van der Waals surface area contributed by atoms with E-state index in [0.29, 0.717) is 25.3 Å². The van der Waals surface area contributed by atoms with Crippen LogP contribution in [0.15, 0.2) is 53.0 Å². The van der Waals surface area contributed by atoms with Crippen molar-refractivity contribution in [2.75, 3.05) is 26.9 Å². The number of carbonyl (C=O) groups is 1. The number of hydrogen-bond acceptors (Lipinski definition) is 3. The second kappa shape index (κ2) is 8.02. The Morgan fingerprint density at radius 3 is 2.68 bits per heavy atom. The summed E-state index contributed by atoms with van der Waals surface area (Å²) in [6, 6.07) is 15.5. The van der Waals surface area contributed by atoms with Crippen molar-refractivity contribution in [2.24, 2.45) is 0 Å². The van der Waals surface area contributed by atoms with Crippen LogP contribution in [0.5, 0.6) is 5.75 Å². The van der Waals surface area contributed by atoms with Gasteiger partial charge in [-0.1, -0.05) is 40.2 Å². The van der Waals surface area contributed by atoms with Crippen molar-refractivity contribution >= 4 is 21.8 Å². The molecule has 3 rings (SSSR count). The van der Waals surface area contributed by atoms with Crippen LogP contribution >= 0.6 is 15.9 Å². The molecule has 0 atom stereocenters. The molecule has 0 aliphatic carbocycles. The number of nitrogens with one attached hydrogen (secondary N) is 1. The van der Waals surface area contributed by atoms with Gasteiger partial charge in [-0.25, -0.2) is 0 Å². The number of benzene rings is 2. The molecule has 1 aliphatic rings. The van der Waals surface area contributed by atoms with E-state index in [-0.39, 0.29) is 11.3 Å². The van der Waals surface area contributed by atoms with Gasteiger partial charge >= 0.3 is 0 Å². The Kier molecular flexibility index (Phi) is 5.76. The first kappa shape index (κ1) is 18.0. The highest BCUT2D eigenvalue weighted by Gasteiger charge is 2.37. The number of ether oxygens (including phenoxy) is 2. The molecule has 2 aromatic carbocycles. The molecule has 0 radical (unpaired) electrons. The zero-order valence-electron chi connectivity index (χ0n) is 14.3. The zero-order valence-corrected chi connectivity index (χ0v) is 15.8.